The van der Waals surface area contributed by atoms with Gasteiger partial charge in [0.1, 0.15) is 0 Å². The van der Waals surface area contributed by atoms with Gasteiger partial charge in [0.2, 0.25) is 5.91 Å². The fraction of sp³-hybridized carbons (Fsp3) is 0.278. The van der Waals surface area contributed by atoms with Crippen molar-refractivity contribution in [2.24, 2.45) is 5.73 Å². The fourth-order valence-electron chi connectivity index (χ4n) is 2.39. The van der Waals surface area contributed by atoms with Crippen molar-refractivity contribution in [1.29, 1.82) is 0 Å². The van der Waals surface area contributed by atoms with Crippen molar-refractivity contribution in [3.8, 4) is 0 Å². The van der Waals surface area contributed by atoms with E-state index in [0.717, 1.165) is 17.5 Å². The summed E-state index contributed by atoms with van der Waals surface area (Å²) in [6.45, 7) is 2.04. The molecule has 0 heterocycles. The highest BCUT2D eigenvalue weighted by Gasteiger charge is 2.16. The normalized spacial score (nSPS) is 12.8. The Morgan fingerprint density at radius 2 is 1.70 bits per heavy atom. The molecule has 3 N–H and O–H groups in total. The molecule has 0 spiro atoms. The van der Waals surface area contributed by atoms with Crippen LogP contribution in [-0.2, 0) is 4.79 Å². The Bertz CT molecular complexity index is 602. The minimum absolute atomic E-state index is 0. The maximum Gasteiger partial charge on any atom is 0.222 e. The van der Waals surface area contributed by atoms with Gasteiger partial charge in [0.15, 0.2) is 0 Å². The van der Waals surface area contributed by atoms with E-state index in [9.17, 15) is 4.79 Å². The minimum Gasteiger partial charge on any atom is -0.349 e. The Kier molecular flexibility index (Phi) is 8.10. The molecule has 0 aliphatic rings. The summed E-state index contributed by atoms with van der Waals surface area (Å²) >= 11 is 5.90. The summed E-state index contributed by atoms with van der Waals surface area (Å²) in [6, 6.07) is 16.9. The molecule has 0 aliphatic heterocycles. The lowest BCUT2D eigenvalue weighted by molar-refractivity contribution is -0.122. The standard InChI is InChI=1S/C18H21ClN2O.ClH/c1-2-17(14-8-10-15(19)11-9-14)21-18(22)12-16(20)13-6-4-3-5-7-13;/h3-11,16-17H,2,12,20H2,1H3,(H,21,22);1H. The average molecular weight is 353 g/mol. The minimum atomic E-state index is -0.288. The van der Waals surface area contributed by atoms with E-state index in [4.69, 9.17) is 17.3 Å². The predicted octanol–water partition coefficient (Wildman–Crippen LogP) is 4.42. The molecule has 124 valence electrons. The molecule has 2 atom stereocenters. The Hall–Kier alpha value is -1.55. The van der Waals surface area contributed by atoms with Crippen LogP contribution in [0.15, 0.2) is 54.6 Å². The number of carbonyl (C=O) groups excluding carboxylic acids is 1. The van der Waals surface area contributed by atoms with Gasteiger partial charge < -0.3 is 11.1 Å². The first-order valence-corrected chi connectivity index (χ1v) is 7.83. The summed E-state index contributed by atoms with van der Waals surface area (Å²) < 4.78 is 0. The molecule has 0 aromatic heterocycles. The first kappa shape index (κ1) is 19.5. The summed E-state index contributed by atoms with van der Waals surface area (Å²) in [4.78, 5) is 12.2. The van der Waals surface area contributed by atoms with Crippen LogP contribution >= 0.6 is 24.0 Å². The molecule has 0 bridgehead atoms. The van der Waals surface area contributed by atoms with E-state index in [1.807, 2.05) is 61.5 Å². The molecule has 5 heteroatoms. The predicted molar refractivity (Wildman–Crippen MR) is 97.9 cm³/mol. The zero-order valence-corrected chi connectivity index (χ0v) is 14.6. The summed E-state index contributed by atoms with van der Waals surface area (Å²) in [5.74, 6) is -0.0434. The van der Waals surface area contributed by atoms with Crippen molar-refractivity contribution in [2.75, 3.05) is 0 Å². The van der Waals surface area contributed by atoms with E-state index >= 15 is 0 Å². The lowest BCUT2D eigenvalue weighted by atomic mass is 10.0. The Balaban J connectivity index is 0.00000264. The second-order valence-corrected chi connectivity index (χ2v) is 5.74. The molecule has 2 aromatic carbocycles. The summed E-state index contributed by atoms with van der Waals surface area (Å²) in [7, 11) is 0. The van der Waals surface area contributed by atoms with Crippen LogP contribution in [0.4, 0.5) is 0 Å². The first-order valence-electron chi connectivity index (χ1n) is 7.45. The monoisotopic (exact) mass is 352 g/mol. The quantitative estimate of drug-likeness (QED) is 0.808. The number of nitrogens with two attached hydrogens (primary N) is 1. The van der Waals surface area contributed by atoms with Gasteiger partial charge in [0, 0.05) is 17.5 Å². The number of hydrogen-bond donors (Lipinski definition) is 2. The van der Waals surface area contributed by atoms with Crippen molar-refractivity contribution in [3.05, 3.63) is 70.7 Å². The van der Waals surface area contributed by atoms with Crippen LogP contribution in [0.2, 0.25) is 5.02 Å². The summed E-state index contributed by atoms with van der Waals surface area (Å²) in [5, 5.41) is 3.73. The van der Waals surface area contributed by atoms with Gasteiger partial charge in [-0.15, -0.1) is 12.4 Å². The highest BCUT2D eigenvalue weighted by molar-refractivity contribution is 6.30. The third-order valence-electron chi connectivity index (χ3n) is 3.65. The number of benzene rings is 2. The lowest BCUT2D eigenvalue weighted by Gasteiger charge is -2.19. The van der Waals surface area contributed by atoms with Gasteiger partial charge in [-0.3, -0.25) is 4.79 Å². The fourth-order valence-corrected chi connectivity index (χ4v) is 2.51. The van der Waals surface area contributed by atoms with E-state index in [1.165, 1.54) is 0 Å². The van der Waals surface area contributed by atoms with Gasteiger partial charge in [-0.1, -0.05) is 61.0 Å². The van der Waals surface area contributed by atoms with Crippen LogP contribution in [0.1, 0.15) is 43.0 Å². The van der Waals surface area contributed by atoms with Gasteiger partial charge in [-0.25, -0.2) is 0 Å². The number of carbonyl (C=O) groups is 1. The van der Waals surface area contributed by atoms with Gasteiger partial charge in [0.05, 0.1) is 6.04 Å². The van der Waals surface area contributed by atoms with E-state index in [1.54, 1.807) is 0 Å². The summed E-state index contributed by atoms with van der Waals surface area (Å²) in [6.07, 6.45) is 1.09. The number of nitrogens with one attached hydrogen (secondary N) is 1. The Labute approximate surface area is 148 Å². The number of amides is 1. The molecule has 2 rings (SSSR count). The smallest absolute Gasteiger partial charge is 0.222 e. The molecular formula is C18H22Cl2N2O. The molecular weight excluding hydrogens is 331 g/mol. The van der Waals surface area contributed by atoms with Crippen molar-refractivity contribution < 1.29 is 4.79 Å². The topological polar surface area (TPSA) is 55.1 Å². The maximum atomic E-state index is 12.2. The highest BCUT2D eigenvalue weighted by atomic mass is 35.5. The van der Waals surface area contributed by atoms with Crippen molar-refractivity contribution >= 4 is 29.9 Å². The molecule has 2 unspecified atom stereocenters. The molecule has 0 radical (unpaired) electrons. The van der Waals surface area contributed by atoms with Crippen molar-refractivity contribution in [3.63, 3.8) is 0 Å². The SMILES string of the molecule is CCC(NC(=O)CC(N)c1ccccc1)c1ccc(Cl)cc1.Cl. The van der Waals surface area contributed by atoms with Crippen LogP contribution in [0.3, 0.4) is 0 Å². The van der Waals surface area contributed by atoms with Gasteiger partial charge >= 0.3 is 0 Å². The third kappa shape index (κ3) is 5.87. The zero-order chi connectivity index (χ0) is 15.9. The molecule has 0 saturated carbocycles. The molecule has 23 heavy (non-hydrogen) atoms. The Morgan fingerprint density at radius 3 is 2.26 bits per heavy atom. The second kappa shape index (κ2) is 9.56. The van der Waals surface area contributed by atoms with Crippen LogP contribution < -0.4 is 11.1 Å². The molecule has 3 nitrogen and oxygen atoms in total. The van der Waals surface area contributed by atoms with Gasteiger partial charge in [-0.05, 0) is 29.7 Å². The van der Waals surface area contributed by atoms with Crippen LogP contribution in [0.25, 0.3) is 0 Å². The maximum absolute atomic E-state index is 12.2. The lowest BCUT2D eigenvalue weighted by Crippen LogP contribution is -2.30. The van der Waals surface area contributed by atoms with E-state index in [-0.39, 0.29) is 36.8 Å². The molecule has 0 saturated heterocycles. The highest BCUT2D eigenvalue weighted by Crippen LogP contribution is 2.20. The second-order valence-electron chi connectivity index (χ2n) is 5.30. The number of hydrogen-bond acceptors (Lipinski definition) is 2. The van der Waals surface area contributed by atoms with Gasteiger partial charge in [0.25, 0.3) is 0 Å². The van der Waals surface area contributed by atoms with E-state index in [0.29, 0.717) is 5.02 Å². The van der Waals surface area contributed by atoms with Crippen molar-refractivity contribution in [1.82, 2.24) is 5.32 Å². The zero-order valence-electron chi connectivity index (χ0n) is 13.0. The largest absolute Gasteiger partial charge is 0.349 e. The average Bonchev–Trinajstić information content (AvgIpc) is 2.54. The van der Waals surface area contributed by atoms with Crippen LogP contribution in [0, 0.1) is 0 Å². The molecule has 0 fully saturated rings. The first-order chi connectivity index (χ1) is 10.6. The Morgan fingerprint density at radius 1 is 1.09 bits per heavy atom. The number of rotatable bonds is 6. The van der Waals surface area contributed by atoms with Crippen molar-refractivity contribution in [2.45, 2.75) is 31.8 Å². The molecule has 2 aromatic rings. The van der Waals surface area contributed by atoms with Gasteiger partial charge in [-0.2, -0.15) is 0 Å². The van der Waals surface area contributed by atoms with Crippen LogP contribution in [0.5, 0.6) is 0 Å². The van der Waals surface area contributed by atoms with E-state index < -0.39 is 0 Å². The number of halogens is 2. The molecule has 0 aliphatic carbocycles. The van der Waals surface area contributed by atoms with Crippen LogP contribution in [-0.4, -0.2) is 5.91 Å². The van der Waals surface area contributed by atoms with E-state index in [2.05, 4.69) is 5.32 Å². The molecule has 1 amide bonds. The third-order valence-corrected chi connectivity index (χ3v) is 3.90. The summed E-state index contributed by atoms with van der Waals surface area (Å²) in [5.41, 5.74) is 8.11.